The average molecular weight is 327 g/mol. The van der Waals surface area contributed by atoms with E-state index in [0.29, 0.717) is 13.1 Å². The maximum Gasteiger partial charge on any atom is 0.308 e. The SMILES string of the molecule is CC(C)(C)c1cc(CN2C[C@H](C(=O)O)[C@@H](c3ccccc3)C2)[nH]n1. The van der Waals surface area contributed by atoms with Crippen molar-refractivity contribution in [3.05, 3.63) is 53.3 Å². The molecule has 0 amide bonds. The molecule has 2 aromatic rings. The topological polar surface area (TPSA) is 69.2 Å². The molecule has 0 unspecified atom stereocenters. The maximum absolute atomic E-state index is 11.7. The standard InChI is InChI=1S/C19H25N3O2/c1-19(2,3)17-9-14(20-21-17)10-22-11-15(16(12-22)18(23)24)13-7-5-4-6-8-13/h4-9,15-16H,10-12H2,1-3H3,(H,20,21)(H,23,24)/t15-,16+/m1/s1. The molecule has 1 aromatic carbocycles. The number of benzene rings is 1. The minimum Gasteiger partial charge on any atom is -0.481 e. The summed E-state index contributed by atoms with van der Waals surface area (Å²) in [7, 11) is 0. The van der Waals surface area contributed by atoms with Gasteiger partial charge in [0, 0.05) is 36.7 Å². The first-order chi connectivity index (χ1) is 11.3. The molecular weight excluding hydrogens is 302 g/mol. The number of H-pyrrole nitrogens is 1. The van der Waals surface area contributed by atoms with Crippen LogP contribution in [0.2, 0.25) is 0 Å². The second kappa shape index (κ2) is 6.40. The minimum absolute atomic E-state index is 0.00985. The summed E-state index contributed by atoms with van der Waals surface area (Å²) in [5.41, 5.74) is 3.19. The van der Waals surface area contributed by atoms with E-state index in [1.54, 1.807) is 0 Å². The second-order valence-electron chi connectivity index (χ2n) is 7.68. The summed E-state index contributed by atoms with van der Waals surface area (Å²) < 4.78 is 0. The van der Waals surface area contributed by atoms with Gasteiger partial charge >= 0.3 is 5.97 Å². The lowest BCUT2D eigenvalue weighted by Crippen LogP contribution is -2.23. The van der Waals surface area contributed by atoms with Gasteiger partial charge in [0.2, 0.25) is 0 Å². The van der Waals surface area contributed by atoms with Gasteiger partial charge in [-0.3, -0.25) is 14.8 Å². The summed E-state index contributed by atoms with van der Waals surface area (Å²) in [6.45, 7) is 8.43. The quantitative estimate of drug-likeness (QED) is 0.906. The summed E-state index contributed by atoms with van der Waals surface area (Å²) in [5, 5.41) is 17.1. The van der Waals surface area contributed by atoms with Crippen LogP contribution in [0.15, 0.2) is 36.4 Å². The fourth-order valence-corrected chi connectivity index (χ4v) is 3.37. The zero-order valence-electron chi connectivity index (χ0n) is 14.5. The van der Waals surface area contributed by atoms with Crippen LogP contribution in [0, 0.1) is 5.92 Å². The molecule has 0 aliphatic carbocycles. The molecular formula is C19H25N3O2. The lowest BCUT2D eigenvalue weighted by molar-refractivity contribution is -0.141. The highest BCUT2D eigenvalue weighted by molar-refractivity contribution is 5.72. The van der Waals surface area contributed by atoms with E-state index in [0.717, 1.165) is 23.5 Å². The first kappa shape index (κ1) is 16.7. The molecule has 5 nitrogen and oxygen atoms in total. The predicted molar refractivity (Wildman–Crippen MR) is 92.9 cm³/mol. The molecule has 128 valence electrons. The van der Waals surface area contributed by atoms with Gasteiger partial charge in [-0.1, -0.05) is 51.1 Å². The minimum atomic E-state index is -0.716. The van der Waals surface area contributed by atoms with E-state index >= 15 is 0 Å². The van der Waals surface area contributed by atoms with E-state index in [1.165, 1.54) is 0 Å². The first-order valence-electron chi connectivity index (χ1n) is 8.39. The van der Waals surface area contributed by atoms with Crippen LogP contribution in [0.4, 0.5) is 0 Å². The van der Waals surface area contributed by atoms with Crippen molar-refractivity contribution in [2.24, 2.45) is 5.92 Å². The summed E-state index contributed by atoms with van der Waals surface area (Å²) in [6.07, 6.45) is 0. The molecule has 5 heteroatoms. The molecule has 2 heterocycles. The van der Waals surface area contributed by atoms with E-state index in [4.69, 9.17) is 0 Å². The molecule has 0 saturated carbocycles. The Bertz CT molecular complexity index is 703. The third-order valence-electron chi connectivity index (χ3n) is 4.73. The Balaban J connectivity index is 1.74. The maximum atomic E-state index is 11.7. The Morgan fingerprint density at radius 1 is 1.29 bits per heavy atom. The molecule has 2 N–H and O–H groups in total. The monoisotopic (exact) mass is 327 g/mol. The number of carbonyl (C=O) groups is 1. The summed E-state index contributed by atoms with van der Waals surface area (Å²) >= 11 is 0. The van der Waals surface area contributed by atoms with Crippen molar-refractivity contribution < 1.29 is 9.90 Å². The van der Waals surface area contributed by atoms with Crippen molar-refractivity contribution in [2.75, 3.05) is 13.1 Å². The number of likely N-dealkylation sites (tertiary alicyclic amines) is 1. The number of aliphatic carboxylic acids is 1. The van der Waals surface area contributed by atoms with Crippen LogP contribution in [-0.2, 0) is 16.8 Å². The van der Waals surface area contributed by atoms with Gasteiger partial charge in [0.05, 0.1) is 11.6 Å². The van der Waals surface area contributed by atoms with Crippen LogP contribution in [0.25, 0.3) is 0 Å². The lowest BCUT2D eigenvalue weighted by atomic mass is 9.89. The van der Waals surface area contributed by atoms with Crippen LogP contribution in [-0.4, -0.2) is 39.3 Å². The van der Waals surface area contributed by atoms with Crippen molar-refractivity contribution in [3.63, 3.8) is 0 Å². The van der Waals surface area contributed by atoms with Crippen molar-refractivity contribution in [3.8, 4) is 0 Å². The summed E-state index contributed by atoms with van der Waals surface area (Å²) in [6, 6.07) is 12.1. The first-order valence-corrected chi connectivity index (χ1v) is 8.39. The fraction of sp³-hybridized carbons (Fsp3) is 0.474. The van der Waals surface area contributed by atoms with E-state index in [1.807, 2.05) is 30.3 Å². The van der Waals surface area contributed by atoms with Crippen LogP contribution < -0.4 is 0 Å². The lowest BCUT2D eigenvalue weighted by Gasteiger charge is -2.15. The highest BCUT2D eigenvalue weighted by Gasteiger charge is 2.38. The Hall–Kier alpha value is -2.14. The number of hydrogen-bond acceptors (Lipinski definition) is 3. The van der Waals surface area contributed by atoms with Gasteiger partial charge in [0.15, 0.2) is 0 Å². The Morgan fingerprint density at radius 3 is 2.58 bits per heavy atom. The molecule has 1 aliphatic rings. The molecule has 1 saturated heterocycles. The normalized spacial score (nSPS) is 22.0. The summed E-state index contributed by atoms with van der Waals surface area (Å²) in [4.78, 5) is 13.9. The molecule has 24 heavy (non-hydrogen) atoms. The molecule has 0 radical (unpaired) electrons. The number of aromatic amines is 1. The Kier molecular flexibility index (Phi) is 4.45. The largest absolute Gasteiger partial charge is 0.481 e. The molecule has 1 aromatic heterocycles. The van der Waals surface area contributed by atoms with Gasteiger partial charge in [-0.05, 0) is 11.6 Å². The number of aromatic nitrogens is 2. The number of carboxylic acid groups (broad SMARTS) is 1. The van der Waals surface area contributed by atoms with Crippen molar-refractivity contribution in [1.29, 1.82) is 0 Å². The molecule has 0 bridgehead atoms. The van der Waals surface area contributed by atoms with Gasteiger partial charge in [-0.25, -0.2) is 0 Å². The van der Waals surface area contributed by atoms with E-state index < -0.39 is 5.97 Å². The highest BCUT2D eigenvalue weighted by Crippen LogP contribution is 2.33. The van der Waals surface area contributed by atoms with Gasteiger partial charge in [0.25, 0.3) is 0 Å². The number of carboxylic acids is 1. The van der Waals surface area contributed by atoms with Crippen LogP contribution >= 0.6 is 0 Å². The second-order valence-corrected chi connectivity index (χ2v) is 7.68. The van der Waals surface area contributed by atoms with Crippen molar-refractivity contribution in [1.82, 2.24) is 15.1 Å². The van der Waals surface area contributed by atoms with Crippen molar-refractivity contribution in [2.45, 2.75) is 38.6 Å². The molecule has 3 rings (SSSR count). The van der Waals surface area contributed by atoms with Crippen LogP contribution in [0.5, 0.6) is 0 Å². The Labute approximate surface area is 142 Å². The zero-order valence-corrected chi connectivity index (χ0v) is 14.5. The Morgan fingerprint density at radius 2 is 2.00 bits per heavy atom. The van der Waals surface area contributed by atoms with Crippen LogP contribution in [0.3, 0.4) is 0 Å². The van der Waals surface area contributed by atoms with Gasteiger partial charge in [-0.15, -0.1) is 0 Å². The van der Waals surface area contributed by atoms with Crippen LogP contribution in [0.1, 0.15) is 43.6 Å². The summed E-state index contributed by atoms with van der Waals surface area (Å²) in [5.74, 6) is -1.04. The smallest absolute Gasteiger partial charge is 0.308 e. The van der Waals surface area contributed by atoms with E-state index in [9.17, 15) is 9.90 Å². The molecule has 1 fully saturated rings. The number of hydrogen-bond donors (Lipinski definition) is 2. The van der Waals surface area contributed by atoms with E-state index in [2.05, 4.69) is 41.9 Å². The van der Waals surface area contributed by atoms with Gasteiger partial charge in [-0.2, -0.15) is 5.10 Å². The molecule has 2 atom stereocenters. The van der Waals surface area contributed by atoms with E-state index in [-0.39, 0.29) is 17.3 Å². The number of rotatable bonds is 4. The molecule has 1 aliphatic heterocycles. The average Bonchev–Trinajstić information content (AvgIpc) is 3.15. The number of nitrogens with zero attached hydrogens (tertiary/aromatic N) is 2. The van der Waals surface area contributed by atoms with Gasteiger partial charge in [0.1, 0.15) is 0 Å². The number of nitrogens with one attached hydrogen (secondary N) is 1. The van der Waals surface area contributed by atoms with Gasteiger partial charge < -0.3 is 5.11 Å². The molecule has 0 spiro atoms. The third-order valence-corrected chi connectivity index (χ3v) is 4.73. The predicted octanol–water partition coefficient (Wildman–Crippen LogP) is 3.01. The third kappa shape index (κ3) is 3.51. The van der Waals surface area contributed by atoms with Crippen molar-refractivity contribution >= 4 is 5.97 Å². The zero-order chi connectivity index (χ0) is 17.3. The fourth-order valence-electron chi connectivity index (χ4n) is 3.37. The highest BCUT2D eigenvalue weighted by atomic mass is 16.4.